The molecular formula is C45H29N5O. The van der Waals surface area contributed by atoms with Gasteiger partial charge in [0.1, 0.15) is 22.8 Å². The molecule has 0 fully saturated rings. The van der Waals surface area contributed by atoms with Crippen LogP contribution in [0.2, 0.25) is 0 Å². The highest BCUT2D eigenvalue weighted by molar-refractivity contribution is 6.15. The summed E-state index contributed by atoms with van der Waals surface area (Å²) in [5.74, 6) is 1.47. The Kier molecular flexibility index (Phi) is 5.71. The number of ether oxygens (including phenoxy) is 1. The monoisotopic (exact) mass is 655 g/mol. The zero-order valence-corrected chi connectivity index (χ0v) is 27.9. The number of para-hydroxylation sites is 4. The van der Waals surface area contributed by atoms with Crippen LogP contribution in [0.4, 0.5) is 0 Å². The third kappa shape index (κ3) is 4.01. The second kappa shape index (κ2) is 10.4. The van der Waals surface area contributed by atoms with Gasteiger partial charge >= 0.3 is 0 Å². The average Bonchev–Trinajstić information content (AvgIpc) is 3.75. The van der Waals surface area contributed by atoms with E-state index in [0.717, 1.165) is 83.0 Å². The normalized spacial score (nSPS) is 12.1. The summed E-state index contributed by atoms with van der Waals surface area (Å²) in [4.78, 5) is 15.0. The average molecular weight is 656 g/mol. The van der Waals surface area contributed by atoms with Gasteiger partial charge in [-0.15, -0.1) is 0 Å². The van der Waals surface area contributed by atoms with E-state index in [1.165, 1.54) is 27.6 Å². The molecule has 5 aromatic heterocycles. The fourth-order valence-electron chi connectivity index (χ4n) is 8.18. The smallest absolute Gasteiger partial charge is 0.146 e. The van der Waals surface area contributed by atoms with E-state index in [0.29, 0.717) is 0 Å². The summed E-state index contributed by atoms with van der Waals surface area (Å²) >= 11 is 0. The van der Waals surface area contributed by atoms with E-state index < -0.39 is 0 Å². The van der Waals surface area contributed by atoms with Gasteiger partial charge in [-0.25, -0.2) is 9.97 Å². The van der Waals surface area contributed by atoms with Crippen LogP contribution in [0.25, 0.3) is 88.0 Å². The van der Waals surface area contributed by atoms with Crippen LogP contribution in [0.5, 0.6) is 11.5 Å². The second-order valence-corrected chi connectivity index (χ2v) is 13.4. The van der Waals surface area contributed by atoms with Gasteiger partial charge in [0.2, 0.25) is 0 Å². The minimum Gasteiger partial charge on any atom is -0.457 e. The van der Waals surface area contributed by atoms with Crippen LogP contribution < -0.4 is 4.74 Å². The van der Waals surface area contributed by atoms with Crippen molar-refractivity contribution in [2.75, 3.05) is 0 Å². The molecule has 0 atom stereocenters. The van der Waals surface area contributed by atoms with Crippen molar-refractivity contribution in [3.8, 4) is 22.6 Å². The summed E-state index contributed by atoms with van der Waals surface area (Å²) in [5.41, 5.74) is 13.9. The molecule has 51 heavy (non-hydrogen) atoms. The van der Waals surface area contributed by atoms with Crippen LogP contribution in [0.15, 0.2) is 140 Å². The maximum atomic E-state index is 6.69. The molecule has 11 rings (SSSR count). The van der Waals surface area contributed by atoms with Gasteiger partial charge in [-0.2, -0.15) is 0 Å². The molecule has 0 aliphatic rings. The zero-order valence-electron chi connectivity index (χ0n) is 27.9. The van der Waals surface area contributed by atoms with E-state index in [4.69, 9.17) is 19.7 Å². The van der Waals surface area contributed by atoms with Crippen molar-refractivity contribution in [3.63, 3.8) is 0 Å². The van der Waals surface area contributed by atoms with Crippen LogP contribution >= 0.6 is 0 Å². The predicted molar refractivity (Wildman–Crippen MR) is 208 cm³/mol. The Morgan fingerprint density at radius 2 is 1.08 bits per heavy atom. The number of benzene rings is 6. The topological polar surface area (TPSA) is 56.7 Å². The Labute approximate surface area is 291 Å². The van der Waals surface area contributed by atoms with Gasteiger partial charge in [0, 0.05) is 27.7 Å². The number of rotatable bonds is 3. The molecule has 0 N–H and O–H groups in total. The molecule has 0 radical (unpaired) electrons. The molecule has 0 amide bonds. The summed E-state index contributed by atoms with van der Waals surface area (Å²) in [7, 11) is 0. The van der Waals surface area contributed by atoms with Crippen LogP contribution in [0, 0.1) is 13.8 Å². The molecule has 0 saturated heterocycles. The van der Waals surface area contributed by atoms with E-state index in [1.807, 2.05) is 30.5 Å². The minimum absolute atomic E-state index is 0.730. The first-order valence-corrected chi connectivity index (χ1v) is 17.2. The van der Waals surface area contributed by atoms with Crippen molar-refractivity contribution in [1.82, 2.24) is 23.8 Å². The molecule has 5 heterocycles. The number of aryl methyl sites for hydroxylation is 2. The summed E-state index contributed by atoms with van der Waals surface area (Å²) in [6, 6.07) is 46.6. The third-order valence-corrected chi connectivity index (χ3v) is 10.4. The summed E-state index contributed by atoms with van der Waals surface area (Å²) in [5, 5.41) is 5.37. The van der Waals surface area contributed by atoms with Gasteiger partial charge in [-0.1, -0.05) is 48.5 Å². The zero-order chi connectivity index (χ0) is 33.8. The highest BCUT2D eigenvalue weighted by atomic mass is 16.5. The Hall–Kier alpha value is -6.79. The number of imidazole rings is 2. The minimum atomic E-state index is 0.730. The largest absolute Gasteiger partial charge is 0.457 e. The fraction of sp³-hybridized carbons (Fsp3) is 0.0444. The highest BCUT2D eigenvalue weighted by Crippen LogP contribution is 2.39. The number of aromatic nitrogens is 5. The maximum Gasteiger partial charge on any atom is 0.146 e. The molecule has 0 aliphatic heterocycles. The molecule has 0 aliphatic carbocycles. The van der Waals surface area contributed by atoms with E-state index in [1.54, 1.807) is 0 Å². The highest BCUT2D eigenvalue weighted by Gasteiger charge is 2.18. The van der Waals surface area contributed by atoms with Gasteiger partial charge in [-0.3, -0.25) is 13.8 Å². The van der Waals surface area contributed by atoms with Gasteiger partial charge in [0.15, 0.2) is 0 Å². The first-order chi connectivity index (χ1) is 25.1. The van der Waals surface area contributed by atoms with Gasteiger partial charge in [0.25, 0.3) is 0 Å². The van der Waals surface area contributed by atoms with Crippen LogP contribution in [0.1, 0.15) is 11.1 Å². The lowest BCUT2D eigenvalue weighted by molar-refractivity contribution is 0.484. The first kappa shape index (κ1) is 28.1. The quantitative estimate of drug-likeness (QED) is 0.178. The number of hydrogen-bond acceptors (Lipinski definition) is 4. The molecule has 0 bridgehead atoms. The lowest BCUT2D eigenvalue weighted by atomic mass is 9.93. The molecule has 11 aromatic rings. The third-order valence-electron chi connectivity index (χ3n) is 10.4. The van der Waals surface area contributed by atoms with Crippen molar-refractivity contribution in [2.45, 2.75) is 13.8 Å². The number of hydrogen-bond donors (Lipinski definition) is 0. The standard InChI is InChI=1S/C45H29N5O/c1-26-9-7-10-27(2)42(26)28-16-21-38-33(23-28)31-19-17-29(24-34(31)44-47-36-11-3-5-13-39(36)49(38)44)51-30-18-20-32-35(25-30)45-48-37-12-4-6-14-40(37)50(45)41-15-8-22-46-43(32)41/h3-25H,1-2H3. The Balaban J connectivity index is 1.13. The fourth-order valence-corrected chi connectivity index (χ4v) is 8.18. The van der Waals surface area contributed by atoms with Gasteiger partial charge < -0.3 is 4.74 Å². The molecule has 0 unspecified atom stereocenters. The van der Waals surface area contributed by atoms with E-state index in [2.05, 4.69) is 132 Å². The van der Waals surface area contributed by atoms with Crippen molar-refractivity contribution in [1.29, 1.82) is 0 Å². The van der Waals surface area contributed by atoms with Crippen LogP contribution in [-0.2, 0) is 0 Å². The molecule has 6 aromatic carbocycles. The maximum absolute atomic E-state index is 6.69. The lowest BCUT2D eigenvalue weighted by Crippen LogP contribution is -1.95. The van der Waals surface area contributed by atoms with Crippen molar-refractivity contribution in [2.24, 2.45) is 0 Å². The van der Waals surface area contributed by atoms with Crippen molar-refractivity contribution >= 4 is 76.8 Å². The molecule has 0 saturated carbocycles. The molecule has 240 valence electrons. The molecule has 6 heteroatoms. The summed E-state index contributed by atoms with van der Waals surface area (Å²) in [6.45, 7) is 4.37. The summed E-state index contributed by atoms with van der Waals surface area (Å²) < 4.78 is 11.2. The van der Waals surface area contributed by atoms with Crippen LogP contribution in [-0.4, -0.2) is 23.8 Å². The van der Waals surface area contributed by atoms with E-state index in [-0.39, 0.29) is 0 Å². The van der Waals surface area contributed by atoms with E-state index >= 15 is 0 Å². The Morgan fingerprint density at radius 1 is 0.471 bits per heavy atom. The number of pyridine rings is 3. The Bertz CT molecular complexity index is 3240. The summed E-state index contributed by atoms with van der Waals surface area (Å²) in [6.07, 6.45) is 1.85. The SMILES string of the molecule is Cc1cccc(C)c1-c1ccc2c(c1)c1ccc(Oc3ccc4c(c3)c3nc5ccccc5n3c3cccnc43)cc1c1nc3ccccc3n21. The van der Waals surface area contributed by atoms with Gasteiger partial charge in [-0.05, 0) is 126 Å². The molecular weight excluding hydrogens is 627 g/mol. The molecule has 6 nitrogen and oxygen atoms in total. The lowest BCUT2D eigenvalue weighted by Gasteiger charge is -2.15. The second-order valence-electron chi connectivity index (χ2n) is 13.4. The first-order valence-electron chi connectivity index (χ1n) is 17.2. The Morgan fingerprint density at radius 3 is 1.78 bits per heavy atom. The van der Waals surface area contributed by atoms with Crippen molar-refractivity contribution < 1.29 is 4.74 Å². The number of nitrogens with zero attached hydrogens (tertiary/aromatic N) is 5. The number of fused-ring (bicyclic) bond motifs is 16. The predicted octanol–water partition coefficient (Wildman–Crippen LogP) is 11.4. The van der Waals surface area contributed by atoms with E-state index in [9.17, 15) is 0 Å². The van der Waals surface area contributed by atoms with Crippen LogP contribution in [0.3, 0.4) is 0 Å². The van der Waals surface area contributed by atoms with Crippen molar-refractivity contribution in [3.05, 3.63) is 151 Å². The van der Waals surface area contributed by atoms with Gasteiger partial charge in [0.05, 0.1) is 38.6 Å². The molecule has 0 spiro atoms.